The fourth-order valence-corrected chi connectivity index (χ4v) is 2.82. The average Bonchev–Trinajstić information content (AvgIpc) is 2.49. The molecule has 124 valence electrons. The van der Waals surface area contributed by atoms with Gasteiger partial charge >= 0.3 is 0 Å². The zero-order chi connectivity index (χ0) is 15.4. The number of halogens is 1. The van der Waals surface area contributed by atoms with E-state index in [1.807, 2.05) is 36.4 Å². The first kappa shape index (κ1) is 17.6. The van der Waals surface area contributed by atoms with E-state index in [1.165, 1.54) is 11.1 Å². The summed E-state index contributed by atoms with van der Waals surface area (Å²) in [5, 5.41) is 3.35. The molecule has 2 aromatic carbocycles. The molecule has 0 unspecified atom stereocenters. The number of benzene rings is 2. The Labute approximate surface area is 144 Å². The van der Waals surface area contributed by atoms with Crippen molar-refractivity contribution >= 4 is 12.4 Å². The molecular weight excluding hydrogens is 310 g/mol. The maximum absolute atomic E-state index is 6.00. The van der Waals surface area contributed by atoms with Crippen LogP contribution in [0, 0.1) is 13.8 Å². The van der Waals surface area contributed by atoms with Gasteiger partial charge in [0.1, 0.15) is 23.4 Å². The molecule has 0 radical (unpaired) electrons. The van der Waals surface area contributed by atoms with Crippen LogP contribution < -0.4 is 14.8 Å². The normalized spacial score (nSPS) is 14.9. The summed E-state index contributed by atoms with van der Waals surface area (Å²) in [5.41, 5.74) is 2.42. The quantitative estimate of drug-likeness (QED) is 0.883. The molecule has 0 aliphatic carbocycles. The second-order valence-corrected chi connectivity index (χ2v) is 5.96. The van der Waals surface area contributed by atoms with Crippen LogP contribution in [0.2, 0.25) is 0 Å². The van der Waals surface area contributed by atoms with Crippen LogP contribution in [0.5, 0.6) is 17.2 Å². The van der Waals surface area contributed by atoms with Gasteiger partial charge in [-0.1, -0.05) is 6.07 Å². The summed E-state index contributed by atoms with van der Waals surface area (Å²) < 4.78 is 11.9. The van der Waals surface area contributed by atoms with Gasteiger partial charge in [0, 0.05) is 0 Å². The van der Waals surface area contributed by atoms with Crippen molar-refractivity contribution in [3.8, 4) is 17.2 Å². The minimum Gasteiger partial charge on any atom is -0.490 e. The SMILES string of the molecule is Cc1cc(C)cc(Oc2ccc(OC3CCNCC3)cc2)c1.Cl. The Morgan fingerprint density at radius 2 is 1.39 bits per heavy atom. The molecule has 3 rings (SSSR count). The molecule has 0 atom stereocenters. The summed E-state index contributed by atoms with van der Waals surface area (Å²) in [6.07, 6.45) is 2.47. The standard InChI is InChI=1S/C19H23NO2.ClH/c1-14-11-15(2)13-19(12-14)22-17-5-3-16(4-6-17)21-18-7-9-20-10-8-18;/h3-6,11-13,18,20H,7-10H2,1-2H3;1H. The van der Waals surface area contributed by atoms with Crippen LogP contribution in [0.15, 0.2) is 42.5 Å². The minimum absolute atomic E-state index is 0. The lowest BCUT2D eigenvalue weighted by Gasteiger charge is -2.23. The maximum Gasteiger partial charge on any atom is 0.127 e. The Kier molecular flexibility index (Phi) is 6.31. The maximum atomic E-state index is 6.00. The van der Waals surface area contributed by atoms with Crippen LogP contribution in [0.3, 0.4) is 0 Å². The van der Waals surface area contributed by atoms with E-state index < -0.39 is 0 Å². The van der Waals surface area contributed by atoms with Gasteiger partial charge in [-0.3, -0.25) is 0 Å². The number of hydrogen-bond acceptors (Lipinski definition) is 3. The average molecular weight is 334 g/mol. The second-order valence-electron chi connectivity index (χ2n) is 5.96. The molecule has 0 saturated carbocycles. The van der Waals surface area contributed by atoms with Gasteiger partial charge in [-0.2, -0.15) is 0 Å². The lowest BCUT2D eigenvalue weighted by Crippen LogP contribution is -2.34. The van der Waals surface area contributed by atoms with Crippen molar-refractivity contribution in [2.45, 2.75) is 32.8 Å². The summed E-state index contributed by atoms with van der Waals surface area (Å²) in [5.74, 6) is 2.63. The first-order valence-electron chi connectivity index (χ1n) is 7.93. The molecule has 1 saturated heterocycles. The fraction of sp³-hybridized carbons (Fsp3) is 0.368. The Bertz CT molecular complexity index is 602. The van der Waals surface area contributed by atoms with E-state index in [9.17, 15) is 0 Å². The summed E-state index contributed by atoms with van der Waals surface area (Å²) >= 11 is 0. The van der Waals surface area contributed by atoms with Gasteiger partial charge in [0.25, 0.3) is 0 Å². The Hall–Kier alpha value is -1.71. The molecule has 3 nitrogen and oxygen atoms in total. The highest BCUT2D eigenvalue weighted by molar-refractivity contribution is 5.85. The molecule has 0 aromatic heterocycles. The minimum atomic E-state index is 0. The number of hydrogen-bond donors (Lipinski definition) is 1. The largest absolute Gasteiger partial charge is 0.490 e. The summed E-state index contributed by atoms with van der Waals surface area (Å²) in [6.45, 7) is 6.24. The van der Waals surface area contributed by atoms with Crippen LogP contribution in [0.4, 0.5) is 0 Å². The van der Waals surface area contributed by atoms with Crippen molar-refractivity contribution < 1.29 is 9.47 Å². The summed E-state index contributed by atoms with van der Waals surface area (Å²) in [4.78, 5) is 0. The number of ether oxygens (including phenoxy) is 2. The summed E-state index contributed by atoms with van der Waals surface area (Å²) in [6, 6.07) is 14.1. The number of nitrogens with one attached hydrogen (secondary N) is 1. The zero-order valence-corrected chi connectivity index (χ0v) is 14.5. The van der Waals surface area contributed by atoms with Gasteiger partial charge < -0.3 is 14.8 Å². The van der Waals surface area contributed by atoms with Gasteiger partial charge in [0.15, 0.2) is 0 Å². The fourth-order valence-electron chi connectivity index (χ4n) is 2.82. The molecule has 0 amide bonds. The molecule has 2 aromatic rings. The van der Waals surface area contributed by atoms with Crippen molar-refractivity contribution in [1.29, 1.82) is 0 Å². The highest BCUT2D eigenvalue weighted by Gasteiger charge is 2.14. The Balaban J connectivity index is 0.00000192. The van der Waals surface area contributed by atoms with Crippen molar-refractivity contribution in [3.63, 3.8) is 0 Å². The Morgan fingerprint density at radius 3 is 2.00 bits per heavy atom. The van der Waals surface area contributed by atoms with E-state index >= 15 is 0 Å². The number of rotatable bonds is 4. The number of piperidine rings is 1. The highest BCUT2D eigenvalue weighted by Crippen LogP contribution is 2.26. The van der Waals surface area contributed by atoms with E-state index in [0.29, 0.717) is 6.10 Å². The molecule has 1 N–H and O–H groups in total. The van der Waals surface area contributed by atoms with E-state index in [0.717, 1.165) is 43.2 Å². The third-order valence-corrected chi connectivity index (χ3v) is 3.84. The first-order valence-corrected chi connectivity index (χ1v) is 7.93. The molecule has 0 spiro atoms. The predicted octanol–water partition coefficient (Wildman–Crippen LogP) is 4.65. The van der Waals surface area contributed by atoms with Crippen LogP contribution in [0.1, 0.15) is 24.0 Å². The predicted molar refractivity (Wildman–Crippen MR) is 96.2 cm³/mol. The Morgan fingerprint density at radius 1 is 0.826 bits per heavy atom. The van der Waals surface area contributed by atoms with E-state index in [-0.39, 0.29) is 12.4 Å². The van der Waals surface area contributed by atoms with Gasteiger partial charge in [-0.25, -0.2) is 0 Å². The van der Waals surface area contributed by atoms with E-state index in [4.69, 9.17) is 9.47 Å². The molecular formula is C19H24ClNO2. The topological polar surface area (TPSA) is 30.5 Å². The molecule has 1 heterocycles. The van der Waals surface area contributed by atoms with Gasteiger partial charge in [0.2, 0.25) is 0 Å². The second kappa shape index (κ2) is 8.23. The smallest absolute Gasteiger partial charge is 0.127 e. The van der Waals surface area contributed by atoms with Crippen molar-refractivity contribution in [1.82, 2.24) is 5.32 Å². The molecule has 1 aliphatic heterocycles. The van der Waals surface area contributed by atoms with Crippen molar-refractivity contribution in [3.05, 3.63) is 53.6 Å². The van der Waals surface area contributed by atoms with E-state index in [1.54, 1.807) is 0 Å². The molecule has 4 heteroatoms. The van der Waals surface area contributed by atoms with Gasteiger partial charge in [0.05, 0.1) is 0 Å². The van der Waals surface area contributed by atoms with Gasteiger partial charge in [-0.05, 0) is 87.3 Å². The third-order valence-electron chi connectivity index (χ3n) is 3.84. The zero-order valence-electron chi connectivity index (χ0n) is 13.7. The third kappa shape index (κ3) is 5.15. The van der Waals surface area contributed by atoms with Crippen molar-refractivity contribution in [2.75, 3.05) is 13.1 Å². The highest BCUT2D eigenvalue weighted by atomic mass is 35.5. The molecule has 1 aliphatic rings. The van der Waals surface area contributed by atoms with Crippen LogP contribution in [-0.4, -0.2) is 19.2 Å². The van der Waals surface area contributed by atoms with Crippen LogP contribution in [-0.2, 0) is 0 Å². The summed E-state index contributed by atoms with van der Waals surface area (Å²) in [7, 11) is 0. The molecule has 0 bridgehead atoms. The van der Waals surface area contributed by atoms with Crippen LogP contribution in [0.25, 0.3) is 0 Å². The molecule has 23 heavy (non-hydrogen) atoms. The monoisotopic (exact) mass is 333 g/mol. The van der Waals surface area contributed by atoms with Crippen LogP contribution >= 0.6 is 12.4 Å². The van der Waals surface area contributed by atoms with E-state index in [2.05, 4.69) is 25.2 Å². The lowest BCUT2D eigenvalue weighted by atomic mass is 10.1. The molecule has 1 fully saturated rings. The van der Waals surface area contributed by atoms with Crippen molar-refractivity contribution in [2.24, 2.45) is 0 Å². The first-order chi connectivity index (χ1) is 10.7. The van der Waals surface area contributed by atoms with Gasteiger partial charge in [-0.15, -0.1) is 12.4 Å². The lowest BCUT2D eigenvalue weighted by molar-refractivity contribution is 0.162. The number of aryl methyl sites for hydroxylation is 2.